The van der Waals surface area contributed by atoms with E-state index in [1.165, 1.54) is 10.9 Å². The number of fused-ring (bicyclic) bond motifs is 1. The molecule has 2 N–H and O–H groups in total. The highest BCUT2D eigenvalue weighted by atomic mass is 79.9. The molecule has 0 aliphatic carbocycles. The summed E-state index contributed by atoms with van der Waals surface area (Å²) < 4.78 is 2.15. The van der Waals surface area contributed by atoms with Gasteiger partial charge in [0.05, 0.1) is 17.2 Å². The highest BCUT2D eigenvalue weighted by Crippen LogP contribution is 2.14. The summed E-state index contributed by atoms with van der Waals surface area (Å²) in [6, 6.07) is 5.33. The fourth-order valence-corrected chi connectivity index (χ4v) is 2.57. The van der Waals surface area contributed by atoms with Crippen molar-refractivity contribution in [2.24, 2.45) is 5.92 Å². The van der Waals surface area contributed by atoms with Crippen molar-refractivity contribution in [2.45, 2.75) is 6.54 Å². The molecule has 1 saturated heterocycles. The summed E-state index contributed by atoms with van der Waals surface area (Å²) in [5.74, 6) is 0.330. The van der Waals surface area contributed by atoms with Gasteiger partial charge < -0.3 is 10.6 Å². The normalized spacial score (nSPS) is 14.9. The van der Waals surface area contributed by atoms with Crippen LogP contribution >= 0.6 is 15.9 Å². The largest absolute Gasteiger partial charge is 0.354 e. The second kappa shape index (κ2) is 5.95. The van der Waals surface area contributed by atoms with Crippen LogP contribution in [0.1, 0.15) is 0 Å². The van der Waals surface area contributed by atoms with Crippen LogP contribution in [0.25, 0.3) is 10.9 Å². The Morgan fingerprint density at radius 1 is 1.48 bits per heavy atom. The van der Waals surface area contributed by atoms with E-state index in [-0.39, 0.29) is 18.0 Å². The third kappa shape index (κ3) is 3.14. The number of benzene rings is 1. The number of amides is 1. The van der Waals surface area contributed by atoms with Crippen LogP contribution in [0, 0.1) is 5.92 Å². The van der Waals surface area contributed by atoms with Crippen LogP contribution in [0.3, 0.4) is 0 Å². The summed E-state index contributed by atoms with van der Waals surface area (Å²) in [6.45, 7) is 2.51. The first kappa shape index (κ1) is 14.2. The minimum Gasteiger partial charge on any atom is -0.354 e. The van der Waals surface area contributed by atoms with E-state index in [1.54, 1.807) is 12.1 Å². The summed E-state index contributed by atoms with van der Waals surface area (Å²) >= 11 is 3.34. The van der Waals surface area contributed by atoms with Gasteiger partial charge in [-0.05, 0) is 18.2 Å². The number of hydrogen-bond acceptors (Lipinski definition) is 4. The SMILES string of the molecule is O=C(Cn1cnc2ccc(Br)cc2c1=O)NCC1CNC1. The zero-order chi connectivity index (χ0) is 14.8. The molecule has 1 aliphatic rings. The van der Waals surface area contributed by atoms with Gasteiger partial charge in [-0.15, -0.1) is 0 Å². The molecule has 1 aliphatic heterocycles. The summed E-state index contributed by atoms with van der Waals surface area (Å²) in [7, 11) is 0. The Labute approximate surface area is 129 Å². The number of hydrogen-bond donors (Lipinski definition) is 2. The Bertz CT molecular complexity index is 739. The fourth-order valence-electron chi connectivity index (χ4n) is 2.21. The molecular weight excluding hydrogens is 336 g/mol. The molecule has 2 aromatic rings. The van der Waals surface area contributed by atoms with Gasteiger partial charge in [-0.25, -0.2) is 4.98 Å². The smallest absolute Gasteiger partial charge is 0.261 e. The molecule has 1 aromatic heterocycles. The van der Waals surface area contributed by atoms with E-state index in [4.69, 9.17) is 0 Å². The first-order valence-corrected chi connectivity index (χ1v) is 7.55. The summed E-state index contributed by atoms with van der Waals surface area (Å²) in [4.78, 5) is 28.4. The second-order valence-corrected chi connectivity index (χ2v) is 6.08. The fraction of sp³-hybridized carbons (Fsp3) is 0.357. The first-order valence-electron chi connectivity index (χ1n) is 6.75. The van der Waals surface area contributed by atoms with Gasteiger partial charge in [-0.1, -0.05) is 15.9 Å². The van der Waals surface area contributed by atoms with Crippen LogP contribution in [0.2, 0.25) is 0 Å². The van der Waals surface area contributed by atoms with Crippen LogP contribution in [0.5, 0.6) is 0 Å². The Balaban J connectivity index is 1.75. The number of rotatable bonds is 4. The molecule has 0 radical (unpaired) electrons. The maximum Gasteiger partial charge on any atom is 0.261 e. The van der Waals surface area contributed by atoms with E-state index < -0.39 is 0 Å². The standard InChI is InChI=1S/C14H15BrN4O2/c15-10-1-2-12-11(3-10)14(21)19(8-18-12)7-13(20)17-6-9-4-16-5-9/h1-3,8-9,16H,4-7H2,(H,17,20). The summed E-state index contributed by atoms with van der Waals surface area (Å²) in [5, 5.41) is 6.49. The Kier molecular flexibility index (Phi) is 4.03. The average Bonchev–Trinajstić information content (AvgIpc) is 2.41. The van der Waals surface area contributed by atoms with Gasteiger partial charge >= 0.3 is 0 Å². The average molecular weight is 351 g/mol. The van der Waals surface area contributed by atoms with Gasteiger partial charge in [-0.2, -0.15) is 0 Å². The molecule has 0 bridgehead atoms. The lowest BCUT2D eigenvalue weighted by molar-refractivity contribution is -0.122. The minimum absolute atomic E-state index is 0.00552. The van der Waals surface area contributed by atoms with E-state index >= 15 is 0 Å². The Hall–Kier alpha value is -1.73. The molecule has 6 nitrogen and oxygen atoms in total. The molecule has 0 atom stereocenters. The molecular formula is C14H15BrN4O2. The van der Waals surface area contributed by atoms with E-state index in [1.807, 2.05) is 6.07 Å². The third-order valence-corrected chi connectivity index (χ3v) is 4.05. The highest BCUT2D eigenvalue weighted by Gasteiger charge is 2.17. The summed E-state index contributed by atoms with van der Waals surface area (Å²) in [5.41, 5.74) is 0.419. The van der Waals surface area contributed by atoms with Crippen molar-refractivity contribution in [3.63, 3.8) is 0 Å². The lowest BCUT2D eigenvalue weighted by atomic mass is 10.0. The Morgan fingerprint density at radius 2 is 2.29 bits per heavy atom. The van der Waals surface area contributed by atoms with E-state index in [2.05, 4.69) is 31.5 Å². The highest BCUT2D eigenvalue weighted by molar-refractivity contribution is 9.10. The predicted octanol–water partition coefficient (Wildman–Crippen LogP) is 0.495. The van der Waals surface area contributed by atoms with Crippen LogP contribution in [0.4, 0.5) is 0 Å². The molecule has 0 saturated carbocycles. The molecule has 7 heteroatoms. The van der Waals surface area contributed by atoms with Crippen LogP contribution < -0.4 is 16.2 Å². The van der Waals surface area contributed by atoms with Gasteiger partial charge in [0.1, 0.15) is 6.54 Å². The van der Waals surface area contributed by atoms with Crippen molar-refractivity contribution >= 4 is 32.7 Å². The molecule has 2 heterocycles. The van der Waals surface area contributed by atoms with Crippen LogP contribution in [-0.4, -0.2) is 35.1 Å². The van der Waals surface area contributed by atoms with Crippen molar-refractivity contribution in [1.82, 2.24) is 20.2 Å². The molecule has 1 aromatic carbocycles. The van der Waals surface area contributed by atoms with Crippen molar-refractivity contribution in [3.8, 4) is 0 Å². The first-order chi connectivity index (χ1) is 10.1. The van der Waals surface area contributed by atoms with Crippen LogP contribution in [-0.2, 0) is 11.3 Å². The Morgan fingerprint density at radius 3 is 3.00 bits per heavy atom. The van der Waals surface area contributed by atoms with Gasteiger partial charge in [0.15, 0.2) is 0 Å². The van der Waals surface area contributed by atoms with Gasteiger partial charge in [0.25, 0.3) is 5.56 Å². The predicted molar refractivity (Wildman–Crippen MR) is 83.1 cm³/mol. The maximum absolute atomic E-state index is 12.3. The number of aromatic nitrogens is 2. The number of carbonyl (C=O) groups excluding carboxylic acids is 1. The lowest BCUT2D eigenvalue weighted by Gasteiger charge is -2.27. The molecule has 3 rings (SSSR count). The molecule has 1 amide bonds. The number of nitrogens with one attached hydrogen (secondary N) is 2. The maximum atomic E-state index is 12.3. The van der Waals surface area contributed by atoms with Crippen molar-refractivity contribution < 1.29 is 4.79 Å². The molecule has 0 spiro atoms. The topological polar surface area (TPSA) is 76.0 Å². The van der Waals surface area contributed by atoms with Gasteiger partial charge in [0, 0.05) is 30.0 Å². The number of nitrogens with zero attached hydrogens (tertiary/aromatic N) is 2. The van der Waals surface area contributed by atoms with E-state index in [0.717, 1.165) is 17.6 Å². The van der Waals surface area contributed by atoms with Crippen LogP contribution in [0.15, 0.2) is 33.8 Å². The quantitative estimate of drug-likeness (QED) is 0.841. The van der Waals surface area contributed by atoms with Crippen molar-refractivity contribution in [2.75, 3.05) is 19.6 Å². The number of halogens is 1. The molecule has 21 heavy (non-hydrogen) atoms. The van der Waals surface area contributed by atoms with E-state index in [9.17, 15) is 9.59 Å². The van der Waals surface area contributed by atoms with Crippen molar-refractivity contribution in [1.29, 1.82) is 0 Å². The van der Waals surface area contributed by atoms with E-state index in [0.29, 0.717) is 23.4 Å². The van der Waals surface area contributed by atoms with Crippen molar-refractivity contribution in [3.05, 3.63) is 39.4 Å². The monoisotopic (exact) mass is 350 g/mol. The molecule has 110 valence electrons. The van der Waals surface area contributed by atoms with Gasteiger partial charge in [-0.3, -0.25) is 14.2 Å². The molecule has 0 unspecified atom stereocenters. The zero-order valence-corrected chi connectivity index (χ0v) is 12.9. The third-order valence-electron chi connectivity index (χ3n) is 3.55. The number of carbonyl (C=O) groups is 1. The molecule has 1 fully saturated rings. The summed E-state index contributed by atoms with van der Waals surface area (Å²) in [6.07, 6.45) is 1.42. The second-order valence-electron chi connectivity index (χ2n) is 5.17. The van der Waals surface area contributed by atoms with Gasteiger partial charge in [0.2, 0.25) is 5.91 Å². The lowest BCUT2D eigenvalue weighted by Crippen LogP contribution is -2.48. The zero-order valence-electron chi connectivity index (χ0n) is 11.3. The minimum atomic E-state index is -0.207.